The second-order valence-electron chi connectivity index (χ2n) is 6.51. The summed E-state index contributed by atoms with van der Waals surface area (Å²) in [5, 5.41) is 2.65. The molecule has 0 bridgehead atoms. The quantitative estimate of drug-likeness (QED) is 0.817. The van der Waals surface area contributed by atoms with Crippen LogP contribution in [0.5, 0.6) is 0 Å². The van der Waals surface area contributed by atoms with Crippen LogP contribution >= 0.6 is 11.3 Å². The monoisotopic (exact) mass is 414 g/mol. The molecule has 0 fully saturated rings. The normalized spacial score (nSPS) is 21.3. The van der Waals surface area contributed by atoms with Gasteiger partial charge in [-0.1, -0.05) is 12.2 Å². The lowest BCUT2D eigenvalue weighted by Crippen LogP contribution is -2.35. The molecule has 1 aliphatic heterocycles. The zero-order valence-corrected chi connectivity index (χ0v) is 16.9. The third-order valence-electron chi connectivity index (χ3n) is 4.53. The summed E-state index contributed by atoms with van der Waals surface area (Å²) in [5.41, 5.74) is 2.49. The number of aromatic nitrogens is 1. The largest absolute Gasteiger partial charge is 0.301 e. The average Bonchev–Trinajstić information content (AvgIpc) is 3.16. The summed E-state index contributed by atoms with van der Waals surface area (Å²) in [7, 11) is -0.756. The summed E-state index contributed by atoms with van der Waals surface area (Å²) >= 11 is 1.48. The smallest absolute Gasteiger partial charge is 0.293 e. The van der Waals surface area contributed by atoms with Gasteiger partial charge in [0.2, 0.25) is 0 Å². The van der Waals surface area contributed by atoms with Gasteiger partial charge in [0.1, 0.15) is 0 Å². The van der Waals surface area contributed by atoms with E-state index < -0.39 is 16.1 Å². The van der Waals surface area contributed by atoms with Gasteiger partial charge < -0.3 is 0 Å². The highest BCUT2D eigenvalue weighted by Crippen LogP contribution is 2.36. The van der Waals surface area contributed by atoms with Gasteiger partial charge in [0.05, 0.1) is 11.6 Å². The Bertz CT molecular complexity index is 1100. The molecule has 0 saturated heterocycles. The zero-order chi connectivity index (χ0) is 19.9. The van der Waals surface area contributed by atoms with E-state index in [1.54, 1.807) is 30.5 Å². The number of fused-ring (bicyclic) bond motifs is 2. The van der Waals surface area contributed by atoms with Gasteiger partial charge in [0.15, 0.2) is 10.9 Å². The molecular weight excluding hydrogens is 396 g/mol. The Morgan fingerprint density at radius 2 is 2.04 bits per heavy atom. The maximum absolute atomic E-state index is 13.3. The fraction of sp³-hybridized carbons (Fsp3) is 0.158. The van der Waals surface area contributed by atoms with Crippen LogP contribution in [0.1, 0.15) is 0 Å². The summed E-state index contributed by atoms with van der Waals surface area (Å²) in [6.45, 7) is 0. The lowest BCUT2D eigenvalue weighted by atomic mass is 9.86. The highest BCUT2D eigenvalue weighted by atomic mass is 32.2. The molecule has 1 aromatic heterocycles. The van der Waals surface area contributed by atoms with E-state index in [0.29, 0.717) is 11.3 Å². The van der Waals surface area contributed by atoms with Gasteiger partial charge in [-0.25, -0.2) is 4.98 Å². The van der Waals surface area contributed by atoms with Crippen molar-refractivity contribution in [1.82, 2.24) is 14.0 Å². The summed E-state index contributed by atoms with van der Waals surface area (Å²) in [4.78, 5) is 19.5. The number of anilines is 1. The number of hydrogen-bond donors (Lipinski definition) is 1. The molecule has 0 amide bonds. The molecule has 0 radical (unpaired) electrons. The van der Waals surface area contributed by atoms with Crippen molar-refractivity contribution < 1.29 is 13.2 Å². The van der Waals surface area contributed by atoms with E-state index in [2.05, 4.69) is 9.71 Å². The second-order valence-corrected chi connectivity index (χ2v) is 9.27. The van der Waals surface area contributed by atoms with Crippen LogP contribution in [-0.2, 0) is 15.0 Å². The van der Waals surface area contributed by atoms with Crippen molar-refractivity contribution in [2.75, 3.05) is 19.0 Å². The fourth-order valence-corrected chi connectivity index (χ4v) is 4.31. The fourth-order valence-electron chi connectivity index (χ4n) is 3.06. The minimum absolute atomic E-state index is 0.0909. The van der Waals surface area contributed by atoms with Crippen molar-refractivity contribution in [1.29, 1.82) is 0 Å². The topological polar surface area (TPSA) is 82.6 Å². The molecule has 1 N–H and O–H groups in total. The number of thiazole rings is 1. The van der Waals surface area contributed by atoms with Crippen LogP contribution in [0.3, 0.4) is 0 Å². The van der Waals surface area contributed by atoms with Crippen LogP contribution in [0.25, 0.3) is 0 Å². The molecule has 0 saturated carbocycles. The first kappa shape index (κ1) is 18.6. The number of carbonyl (C=O) groups is 1. The highest BCUT2D eigenvalue weighted by molar-refractivity contribution is 7.87. The molecule has 1 unspecified atom stereocenters. The number of ketones is 1. The van der Waals surface area contributed by atoms with Crippen LogP contribution in [0, 0.1) is 5.92 Å². The van der Waals surface area contributed by atoms with E-state index in [0.717, 1.165) is 20.7 Å². The second kappa shape index (κ2) is 7.01. The van der Waals surface area contributed by atoms with E-state index in [9.17, 15) is 13.2 Å². The Balaban J connectivity index is 1.68. The summed E-state index contributed by atoms with van der Waals surface area (Å²) in [6.07, 6.45) is 16.1. The molecule has 28 heavy (non-hydrogen) atoms. The number of nitrogens with zero attached hydrogens (tertiary/aromatic N) is 3. The van der Waals surface area contributed by atoms with Crippen molar-refractivity contribution in [3.05, 3.63) is 82.8 Å². The maximum atomic E-state index is 13.3. The maximum Gasteiger partial charge on any atom is 0.301 e. The Labute approximate surface area is 167 Å². The van der Waals surface area contributed by atoms with Crippen molar-refractivity contribution in [2.45, 2.75) is 0 Å². The molecule has 1 atom stereocenters. The lowest BCUT2D eigenvalue weighted by Gasteiger charge is -2.26. The molecule has 7 nitrogen and oxygen atoms in total. The van der Waals surface area contributed by atoms with Crippen LogP contribution in [0.4, 0.5) is 5.13 Å². The number of hydrogen-bond acceptors (Lipinski definition) is 6. The van der Waals surface area contributed by atoms with Gasteiger partial charge >= 0.3 is 10.2 Å². The number of carbonyl (C=O) groups excluding carboxylic acids is 1. The van der Waals surface area contributed by atoms with Gasteiger partial charge in [0.25, 0.3) is 0 Å². The Hall–Kier alpha value is -2.75. The zero-order valence-electron chi connectivity index (χ0n) is 15.2. The first-order valence-electron chi connectivity index (χ1n) is 8.51. The highest BCUT2D eigenvalue weighted by Gasteiger charge is 2.32. The number of allylic oxidation sites excluding steroid dienone is 9. The molecule has 9 heteroatoms. The van der Waals surface area contributed by atoms with E-state index in [1.807, 2.05) is 34.7 Å². The van der Waals surface area contributed by atoms with Crippen LogP contribution in [-0.4, -0.2) is 37.6 Å². The standard InChI is InChI=1S/C19H18N4O3S2/c1-22(2)28(25,26)21-14-7-5-13-6-8-17-15(18(24)16(13)12-14)4-3-10-23(17)19-20-9-11-27-19/h3-12,16,21H,1-2H3. The Kier molecular flexibility index (Phi) is 4.66. The predicted molar refractivity (Wildman–Crippen MR) is 109 cm³/mol. The molecule has 2 aliphatic carbocycles. The molecule has 0 aromatic carbocycles. The third-order valence-corrected chi connectivity index (χ3v) is 6.75. The molecule has 144 valence electrons. The summed E-state index contributed by atoms with van der Waals surface area (Å²) < 4.78 is 27.8. The SMILES string of the molecule is CN(C)S(=O)(=O)NC1=CC2C(=O)C3=CC=CN(c4nccs4)C3=CC=C2C=C1. The van der Waals surface area contributed by atoms with Crippen molar-refractivity contribution in [3.8, 4) is 0 Å². The molecule has 0 spiro atoms. The van der Waals surface area contributed by atoms with Crippen molar-refractivity contribution in [2.24, 2.45) is 5.92 Å². The number of nitrogens with one attached hydrogen (secondary N) is 1. The lowest BCUT2D eigenvalue weighted by molar-refractivity contribution is -0.116. The van der Waals surface area contributed by atoms with Crippen molar-refractivity contribution >= 4 is 32.5 Å². The van der Waals surface area contributed by atoms with Gasteiger partial charge in [0, 0.05) is 43.1 Å². The molecule has 4 rings (SSSR count). The molecule has 1 aromatic rings. The van der Waals surface area contributed by atoms with Gasteiger partial charge in [-0.15, -0.1) is 11.3 Å². The van der Waals surface area contributed by atoms with E-state index >= 15 is 0 Å². The van der Waals surface area contributed by atoms with E-state index in [1.165, 1.54) is 25.4 Å². The predicted octanol–water partition coefficient (Wildman–Crippen LogP) is 2.26. The van der Waals surface area contributed by atoms with Gasteiger partial charge in [-0.3, -0.25) is 14.4 Å². The molecular formula is C19H18N4O3S2. The van der Waals surface area contributed by atoms with Crippen LogP contribution in [0.15, 0.2) is 82.8 Å². The van der Waals surface area contributed by atoms with Crippen LogP contribution < -0.4 is 9.62 Å². The van der Waals surface area contributed by atoms with E-state index in [-0.39, 0.29) is 5.78 Å². The first-order valence-corrected chi connectivity index (χ1v) is 10.8. The minimum atomic E-state index is -3.64. The Morgan fingerprint density at radius 1 is 1.21 bits per heavy atom. The van der Waals surface area contributed by atoms with Crippen molar-refractivity contribution in [3.63, 3.8) is 0 Å². The average molecular weight is 415 g/mol. The first-order chi connectivity index (χ1) is 13.4. The number of Topliss-reactive ketones (excluding diaryl/α,β-unsaturated/α-hetero) is 1. The van der Waals surface area contributed by atoms with Gasteiger partial charge in [-0.2, -0.15) is 12.7 Å². The summed E-state index contributed by atoms with van der Waals surface area (Å²) in [5.74, 6) is -0.652. The minimum Gasteiger partial charge on any atom is -0.293 e. The van der Waals surface area contributed by atoms with Crippen LogP contribution in [0.2, 0.25) is 0 Å². The molecule has 3 aliphatic rings. The number of rotatable bonds is 4. The molecule has 2 heterocycles. The van der Waals surface area contributed by atoms with Gasteiger partial charge in [-0.05, 0) is 36.0 Å². The Morgan fingerprint density at radius 3 is 2.75 bits per heavy atom. The third kappa shape index (κ3) is 3.28. The summed E-state index contributed by atoms with van der Waals surface area (Å²) in [6, 6.07) is 0. The van der Waals surface area contributed by atoms with E-state index in [4.69, 9.17) is 0 Å².